The number of nitrogens with zero attached hydrogens (tertiary/aromatic N) is 2. The largest absolute Gasteiger partial charge is 0.465 e. The van der Waals surface area contributed by atoms with Gasteiger partial charge in [-0.2, -0.15) is 0 Å². The lowest BCUT2D eigenvalue weighted by atomic mass is 9.71. The number of likely N-dealkylation sites (tertiary alicyclic amines) is 1. The van der Waals surface area contributed by atoms with E-state index in [0.29, 0.717) is 32.4 Å². The number of carbonyl (C=O) groups excluding carboxylic acids is 3. The highest BCUT2D eigenvalue weighted by Gasteiger charge is 2.74. The van der Waals surface area contributed by atoms with Crippen molar-refractivity contribution in [3.63, 3.8) is 0 Å². The van der Waals surface area contributed by atoms with E-state index in [0.717, 1.165) is 24.8 Å². The number of fused-ring (bicyclic) bond motifs is 1. The molecule has 1 aromatic rings. The minimum atomic E-state index is -0.751. The fraction of sp³-hybridized carbons (Fsp3) is 0.567. The van der Waals surface area contributed by atoms with Crippen LogP contribution in [0.3, 0.4) is 0 Å². The topological polar surface area (TPSA) is 87.2 Å². The van der Waals surface area contributed by atoms with Crippen molar-refractivity contribution in [2.75, 3.05) is 26.3 Å². The molecule has 3 heterocycles. The molecule has 0 aromatic heterocycles. The number of hydrogen-bond donors (Lipinski definition) is 1. The van der Waals surface area contributed by atoms with Gasteiger partial charge in [-0.1, -0.05) is 55.8 Å². The summed E-state index contributed by atoms with van der Waals surface area (Å²) in [5, 5.41) is 10.5. The Balaban J connectivity index is 1.73. The van der Waals surface area contributed by atoms with Gasteiger partial charge in [0.2, 0.25) is 11.8 Å². The van der Waals surface area contributed by atoms with E-state index >= 15 is 0 Å². The highest BCUT2D eigenvalue weighted by atomic mass is 32.2. The number of aliphatic hydroxyl groups is 1. The lowest BCUT2D eigenvalue weighted by Gasteiger charge is -2.39. The van der Waals surface area contributed by atoms with E-state index in [1.807, 2.05) is 30.3 Å². The zero-order valence-corrected chi connectivity index (χ0v) is 23.1. The molecule has 1 N–H and O–H groups in total. The number of thioether (sulfide) groups is 1. The number of aliphatic hydroxyl groups excluding tert-OH is 1. The molecule has 0 radical (unpaired) electrons. The van der Waals surface area contributed by atoms with Crippen LogP contribution in [0.15, 0.2) is 55.6 Å². The molecule has 0 aliphatic carbocycles. The average Bonchev–Trinajstić information content (AvgIpc) is 3.57. The van der Waals surface area contributed by atoms with Crippen molar-refractivity contribution < 1.29 is 24.2 Å². The van der Waals surface area contributed by atoms with E-state index in [2.05, 4.69) is 20.1 Å². The van der Waals surface area contributed by atoms with Crippen molar-refractivity contribution in [2.45, 2.75) is 67.5 Å². The lowest BCUT2D eigenvalue weighted by Crippen LogP contribution is -2.58. The van der Waals surface area contributed by atoms with Crippen molar-refractivity contribution in [3.8, 4) is 0 Å². The van der Waals surface area contributed by atoms with Gasteiger partial charge in [0, 0.05) is 18.3 Å². The van der Waals surface area contributed by atoms with Gasteiger partial charge in [0.05, 0.1) is 35.8 Å². The minimum Gasteiger partial charge on any atom is -0.465 e. The van der Waals surface area contributed by atoms with E-state index in [4.69, 9.17) is 4.74 Å². The molecule has 0 saturated carbocycles. The van der Waals surface area contributed by atoms with Crippen molar-refractivity contribution in [1.29, 1.82) is 0 Å². The van der Waals surface area contributed by atoms with Crippen LogP contribution in [-0.2, 0) is 25.5 Å². The zero-order chi connectivity index (χ0) is 27.3. The quantitative estimate of drug-likeness (QED) is 0.220. The van der Waals surface area contributed by atoms with Crippen LogP contribution in [0.2, 0.25) is 0 Å². The van der Waals surface area contributed by atoms with E-state index in [1.165, 1.54) is 0 Å². The second-order valence-corrected chi connectivity index (χ2v) is 12.1. The number of rotatable bonds is 14. The number of hydrogen-bond acceptors (Lipinski definition) is 6. The third-order valence-corrected chi connectivity index (χ3v) is 10.1. The molecule has 6 atom stereocenters. The fourth-order valence-electron chi connectivity index (χ4n) is 6.48. The normalized spacial score (nSPS) is 28.2. The molecule has 2 amide bonds. The monoisotopic (exact) mass is 540 g/mol. The Morgan fingerprint density at radius 2 is 2.05 bits per heavy atom. The summed E-state index contributed by atoms with van der Waals surface area (Å²) >= 11 is 1.62. The number of esters is 1. The van der Waals surface area contributed by atoms with Crippen molar-refractivity contribution in [2.24, 2.45) is 11.8 Å². The first kappa shape index (κ1) is 28.4. The van der Waals surface area contributed by atoms with Crippen molar-refractivity contribution in [1.82, 2.24) is 9.80 Å². The summed E-state index contributed by atoms with van der Waals surface area (Å²) < 4.78 is 4.86. The van der Waals surface area contributed by atoms with Gasteiger partial charge in [0.1, 0.15) is 6.04 Å². The number of amides is 2. The van der Waals surface area contributed by atoms with Gasteiger partial charge >= 0.3 is 5.97 Å². The predicted octanol–water partition coefficient (Wildman–Crippen LogP) is 3.62. The number of unbranched alkanes of at least 4 members (excludes halogenated alkanes) is 1. The van der Waals surface area contributed by atoms with Crippen LogP contribution in [0, 0.1) is 11.8 Å². The highest BCUT2D eigenvalue weighted by Crippen LogP contribution is 2.67. The Labute approximate surface area is 230 Å². The first-order valence-corrected chi connectivity index (χ1v) is 14.6. The standard InChI is InChI=1S/C30H40N2O5S/c1-4-7-17-31(16-6-3)28(35)26-30-15-14-23(38-30)24(29(36)37-18-8-5-2)25(30)27(34)32(26)22(20-33)19-21-12-10-9-11-13-21/h5-6,9-13,22-26,33H,2-4,7-8,14-20H2,1H3/t22-,23+,24-,25+,26?,30?/m1/s1. The number of ether oxygens (including phenoxy) is 1. The predicted molar refractivity (Wildman–Crippen MR) is 149 cm³/mol. The minimum absolute atomic E-state index is 0.0529. The van der Waals surface area contributed by atoms with E-state index in [1.54, 1.807) is 33.7 Å². The summed E-state index contributed by atoms with van der Waals surface area (Å²) in [6, 6.07) is 8.37. The van der Waals surface area contributed by atoms with E-state index in [-0.39, 0.29) is 36.2 Å². The Hall–Kier alpha value is -2.58. The summed E-state index contributed by atoms with van der Waals surface area (Å²) in [6.45, 7) is 10.5. The summed E-state index contributed by atoms with van der Waals surface area (Å²) in [5.74, 6) is -1.93. The molecule has 3 saturated heterocycles. The molecule has 2 bridgehead atoms. The fourth-order valence-corrected chi connectivity index (χ4v) is 8.66. The van der Waals surface area contributed by atoms with Crippen LogP contribution in [0.25, 0.3) is 0 Å². The third kappa shape index (κ3) is 5.17. The number of carbonyl (C=O) groups is 3. The summed E-state index contributed by atoms with van der Waals surface area (Å²) in [7, 11) is 0. The van der Waals surface area contributed by atoms with Gasteiger partial charge in [-0.25, -0.2) is 0 Å². The number of benzene rings is 1. The molecule has 3 aliphatic rings. The van der Waals surface area contributed by atoms with Crippen LogP contribution in [0.1, 0.15) is 44.6 Å². The molecular formula is C30H40N2O5S. The second-order valence-electron chi connectivity index (χ2n) is 10.5. The maximum absolute atomic E-state index is 14.3. The van der Waals surface area contributed by atoms with Crippen LogP contribution in [0.5, 0.6) is 0 Å². The molecular weight excluding hydrogens is 500 g/mol. The maximum atomic E-state index is 14.3. The Kier molecular flexibility index (Phi) is 9.36. The van der Waals surface area contributed by atoms with Crippen LogP contribution < -0.4 is 0 Å². The van der Waals surface area contributed by atoms with E-state index in [9.17, 15) is 19.5 Å². The Morgan fingerprint density at radius 1 is 1.29 bits per heavy atom. The lowest BCUT2D eigenvalue weighted by molar-refractivity contribution is -0.154. The maximum Gasteiger partial charge on any atom is 0.310 e. The molecule has 1 spiro atoms. The molecule has 7 nitrogen and oxygen atoms in total. The van der Waals surface area contributed by atoms with Gasteiger partial charge < -0.3 is 19.6 Å². The summed E-state index contributed by atoms with van der Waals surface area (Å²) in [5.41, 5.74) is 0.978. The van der Waals surface area contributed by atoms with Crippen molar-refractivity contribution in [3.05, 3.63) is 61.2 Å². The smallest absolute Gasteiger partial charge is 0.310 e. The van der Waals surface area contributed by atoms with Crippen LogP contribution in [0.4, 0.5) is 0 Å². The molecule has 2 unspecified atom stereocenters. The van der Waals surface area contributed by atoms with Crippen LogP contribution in [-0.4, -0.2) is 81.1 Å². The van der Waals surface area contributed by atoms with Gasteiger partial charge in [0.25, 0.3) is 0 Å². The Bertz CT molecular complexity index is 1030. The first-order valence-electron chi connectivity index (χ1n) is 13.7. The SMILES string of the molecule is C=CCCOC(=O)[C@@H]1[C@@H]2CCC3(S2)C(C(=O)N(CC=C)CCCC)N([C@@H](CO)Cc2ccccc2)C(=O)[C@H]13. The first-order chi connectivity index (χ1) is 18.4. The summed E-state index contributed by atoms with van der Waals surface area (Å²) in [4.78, 5) is 45.4. The van der Waals surface area contributed by atoms with Gasteiger partial charge in [-0.3, -0.25) is 14.4 Å². The summed E-state index contributed by atoms with van der Waals surface area (Å²) in [6.07, 6.45) is 7.60. The van der Waals surface area contributed by atoms with Gasteiger partial charge in [-0.15, -0.1) is 24.9 Å². The molecule has 1 aromatic carbocycles. The second kappa shape index (κ2) is 12.5. The van der Waals surface area contributed by atoms with Gasteiger partial charge in [-0.05, 0) is 37.7 Å². The Morgan fingerprint density at radius 3 is 2.71 bits per heavy atom. The zero-order valence-electron chi connectivity index (χ0n) is 22.3. The molecule has 206 valence electrons. The molecule has 3 aliphatic heterocycles. The molecule has 3 fully saturated rings. The van der Waals surface area contributed by atoms with Gasteiger partial charge in [0.15, 0.2) is 0 Å². The molecule has 38 heavy (non-hydrogen) atoms. The van der Waals surface area contributed by atoms with Crippen molar-refractivity contribution >= 4 is 29.5 Å². The van der Waals surface area contributed by atoms with Crippen LogP contribution >= 0.6 is 11.8 Å². The molecule has 8 heteroatoms. The highest BCUT2D eigenvalue weighted by molar-refractivity contribution is 8.02. The van der Waals surface area contributed by atoms with E-state index < -0.39 is 28.7 Å². The third-order valence-electron chi connectivity index (χ3n) is 8.17. The average molecular weight is 541 g/mol. The molecule has 4 rings (SSSR count).